The number of aryl methyl sites for hydroxylation is 2. The third kappa shape index (κ3) is 2.74. The molecular weight excluding hydrogens is 362 g/mol. The van der Waals surface area contributed by atoms with Gasteiger partial charge in [-0.2, -0.15) is 0 Å². The Bertz CT molecular complexity index is 1260. The Kier molecular flexibility index (Phi) is 4.06. The lowest BCUT2D eigenvalue weighted by atomic mass is 9.98. The van der Waals surface area contributed by atoms with Gasteiger partial charge >= 0.3 is 0 Å². The first kappa shape index (κ1) is 16.9. The second kappa shape index (κ2) is 6.73. The minimum Gasteiger partial charge on any atom is -0.299 e. The van der Waals surface area contributed by atoms with Crippen LogP contribution < -0.4 is 0 Å². The van der Waals surface area contributed by atoms with Gasteiger partial charge in [-0.15, -0.1) is 11.3 Å². The molecule has 136 valence electrons. The highest BCUT2D eigenvalue weighted by atomic mass is 32.1. The molecule has 0 bridgehead atoms. The molecule has 0 atom stereocenters. The van der Waals surface area contributed by atoms with Gasteiger partial charge < -0.3 is 0 Å². The topological polar surface area (TPSA) is 30.7 Å². The molecule has 0 radical (unpaired) electrons. The second-order valence-corrected chi connectivity index (χ2v) is 7.81. The molecule has 0 spiro atoms. The van der Waals surface area contributed by atoms with Crippen molar-refractivity contribution < 1.29 is 0 Å². The average molecular weight is 382 g/mol. The van der Waals surface area contributed by atoms with Crippen LogP contribution in [0.4, 0.5) is 0 Å². The molecule has 2 aromatic heterocycles. The molecule has 5 aromatic rings. The number of imidazole rings is 1. The molecule has 4 heteroatoms. The van der Waals surface area contributed by atoms with Crippen molar-refractivity contribution in [3.8, 4) is 28.2 Å². The third-order valence-electron chi connectivity index (χ3n) is 5.08. The summed E-state index contributed by atoms with van der Waals surface area (Å²) in [5, 5.41) is 0. The van der Waals surface area contributed by atoms with Crippen LogP contribution >= 0.6 is 11.3 Å². The average Bonchev–Trinajstić information content (AvgIpc) is 3.37. The van der Waals surface area contributed by atoms with Crippen LogP contribution in [0.15, 0.2) is 78.6 Å². The van der Waals surface area contributed by atoms with Crippen molar-refractivity contribution in [2.75, 3.05) is 0 Å². The summed E-state index contributed by atoms with van der Waals surface area (Å²) in [6.45, 7) is 4.34. The summed E-state index contributed by atoms with van der Waals surface area (Å²) in [7, 11) is 0. The van der Waals surface area contributed by atoms with Crippen LogP contribution in [0.25, 0.3) is 38.4 Å². The van der Waals surface area contributed by atoms with Crippen LogP contribution in [-0.4, -0.2) is 14.5 Å². The van der Waals surface area contributed by atoms with Gasteiger partial charge in [0, 0.05) is 18.0 Å². The van der Waals surface area contributed by atoms with Gasteiger partial charge in [0.05, 0.1) is 21.4 Å². The minimum absolute atomic E-state index is 0.952. The smallest absolute Gasteiger partial charge is 0.145 e. The molecule has 5 rings (SSSR count). The summed E-state index contributed by atoms with van der Waals surface area (Å²) >= 11 is 1.66. The van der Waals surface area contributed by atoms with E-state index in [9.17, 15) is 0 Å². The molecule has 0 aliphatic carbocycles. The van der Waals surface area contributed by atoms with Crippen molar-refractivity contribution in [1.82, 2.24) is 14.5 Å². The molecule has 3 aromatic carbocycles. The number of rotatable bonds is 3. The number of aromatic nitrogens is 3. The lowest BCUT2D eigenvalue weighted by Crippen LogP contribution is -2.02. The molecule has 2 heterocycles. The van der Waals surface area contributed by atoms with Crippen LogP contribution in [-0.2, 0) is 0 Å². The van der Waals surface area contributed by atoms with E-state index in [1.165, 1.54) is 32.6 Å². The van der Waals surface area contributed by atoms with Gasteiger partial charge in [0.25, 0.3) is 0 Å². The Labute approximate surface area is 168 Å². The number of fused-ring (bicyclic) bond motifs is 1. The molecule has 0 amide bonds. The van der Waals surface area contributed by atoms with Crippen molar-refractivity contribution in [2.24, 2.45) is 0 Å². The molecule has 0 N–H and O–H groups in total. The molecule has 0 aliphatic rings. The number of nitrogens with zero attached hydrogens (tertiary/aromatic N) is 3. The van der Waals surface area contributed by atoms with Gasteiger partial charge in [-0.3, -0.25) is 4.57 Å². The first-order valence-electron chi connectivity index (χ1n) is 9.25. The maximum atomic E-state index is 4.70. The lowest BCUT2D eigenvalue weighted by Gasteiger charge is -2.16. The molecule has 0 saturated heterocycles. The van der Waals surface area contributed by atoms with Gasteiger partial charge in [0.2, 0.25) is 0 Å². The highest BCUT2D eigenvalue weighted by molar-refractivity contribution is 7.17. The summed E-state index contributed by atoms with van der Waals surface area (Å²) in [6, 6.07) is 21.3. The quantitative estimate of drug-likeness (QED) is 0.360. The minimum atomic E-state index is 0.952. The fourth-order valence-corrected chi connectivity index (χ4v) is 4.68. The molecule has 3 nitrogen and oxygen atoms in total. The zero-order chi connectivity index (χ0) is 19.1. The van der Waals surface area contributed by atoms with Crippen molar-refractivity contribution in [2.45, 2.75) is 13.8 Å². The van der Waals surface area contributed by atoms with Crippen molar-refractivity contribution in [3.63, 3.8) is 0 Å². The Hall–Kier alpha value is -3.24. The Morgan fingerprint density at radius 1 is 0.821 bits per heavy atom. The Morgan fingerprint density at radius 2 is 1.61 bits per heavy atom. The molecule has 0 unspecified atom stereocenters. The van der Waals surface area contributed by atoms with Crippen LogP contribution in [0.5, 0.6) is 0 Å². The van der Waals surface area contributed by atoms with E-state index in [0.717, 1.165) is 16.9 Å². The van der Waals surface area contributed by atoms with Gasteiger partial charge in [-0.05, 0) is 60.4 Å². The maximum Gasteiger partial charge on any atom is 0.145 e. The number of benzene rings is 3. The zero-order valence-electron chi connectivity index (χ0n) is 15.8. The summed E-state index contributed by atoms with van der Waals surface area (Å²) < 4.78 is 3.37. The van der Waals surface area contributed by atoms with Gasteiger partial charge in [-0.1, -0.05) is 36.4 Å². The van der Waals surface area contributed by atoms with E-state index in [2.05, 4.69) is 78.0 Å². The predicted molar refractivity (Wildman–Crippen MR) is 117 cm³/mol. The number of thiazole rings is 1. The third-order valence-corrected chi connectivity index (χ3v) is 5.95. The predicted octanol–water partition coefficient (Wildman–Crippen LogP) is 6.43. The fraction of sp³-hybridized carbons (Fsp3) is 0.0833. The van der Waals surface area contributed by atoms with Gasteiger partial charge in [0.1, 0.15) is 5.82 Å². The highest BCUT2D eigenvalue weighted by Gasteiger charge is 2.16. The summed E-state index contributed by atoms with van der Waals surface area (Å²) in [5.41, 5.74) is 10.2. The van der Waals surface area contributed by atoms with E-state index in [1.54, 1.807) is 11.3 Å². The van der Waals surface area contributed by atoms with Crippen molar-refractivity contribution >= 4 is 21.6 Å². The van der Waals surface area contributed by atoms with E-state index >= 15 is 0 Å². The molecule has 28 heavy (non-hydrogen) atoms. The maximum absolute atomic E-state index is 4.70. The largest absolute Gasteiger partial charge is 0.299 e. The lowest BCUT2D eigenvalue weighted by molar-refractivity contribution is 1.03. The first-order chi connectivity index (χ1) is 13.7. The van der Waals surface area contributed by atoms with Crippen LogP contribution in [0.1, 0.15) is 11.1 Å². The van der Waals surface area contributed by atoms with Crippen LogP contribution in [0.2, 0.25) is 0 Å². The van der Waals surface area contributed by atoms with E-state index in [0.29, 0.717) is 0 Å². The molecule has 0 saturated carbocycles. The number of hydrogen-bond donors (Lipinski definition) is 0. The monoisotopic (exact) mass is 381 g/mol. The SMILES string of the molecule is Cc1cc(-c2ccccc2)cc(C)c1-n1ccnc1-c1cccc2ncsc12. The molecule has 0 aliphatic heterocycles. The van der Waals surface area contributed by atoms with E-state index in [-0.39, 0.29) is 0 Å². The normalized spacial score (nSPS) is 11.2. The standard InChI is InChI=1S/C24H19N3S/c1-16-13-19(18-7-4-3-5-8-18)14-17(2)22(16)27-12-11-25-24(27)20-9-6-10-21-23(20)28-15-26-21/h3-15H,1-2H3. The van der Waals surface area contributed by atoms with E-state index in [4.69, 9.17) is 4.98 Å². The van der Waals surface area contributed by atoms with Gasteiger partial charge in [-0.25, -0.2) is 9.97 Å². The highest BCUT2D eigenvalue weighted by Crippen LogP contribution is 2.34. The summed E-state index contributed by atoms with van der Waals surface area (Å²) in [6.07, 6.45) is 3.92. The first-order valence-corrected chi connectivity index (χ1v) is 10.1. The van der Waals surface area contributed by atoms with Crippen molar-refractivity contribution in [3.05, 3.63) is 89.7 Å². The molecule has 0 fully saturated rings. The second-order valence-electron chi connectivity index (χ2n) is 6.95. The Morgan fingerprint density at radius 3 is 2.39 bits per heavy atom. The van der Waals surface area contributed by atoms with Gasteiger partial charge in [0.15, 0.2) is 0 Å². The van der Waals surface area contributed by atoms with Crippen LogP contribution in [0, 0.1) is 13.8 Å². The fourth-order valence-electron chi connectivity index (χ4n) is 3.88. The summed E-state index contributed by atoms with van der Waals surface area (Å²) in [5.74, 6) is 0.952. The zero-order valence-corrected chi connectivity index (χ0v) is 16.6. The number of hydrogen-bond acceptors (Lipinski definition) is 3. The summed E-state index contributed by atoms with van der Waals surface area (Å²) in [4.78, 5) is 9.15. The van der Waals surface area contributed by atoms with E-state index in [1.807, 2.05) is 24.0 Å². The van der Waals surface area contributed by atoms with Crippen LogP contribution in [0.3, 0.4) is 0 Å². The van der Waals surface area contributed by atoms with Crippen molar-refractivity contribution in [1.29, 1.82) is 0 Å². The van der Waals surface area contributed by atoms with E-state index < -0.39 is 0 Å². The Balaban J connectivity index is 1.68. The molecular formula is C24H19N3S.